The van der Waals surface area contributed by atoms with Gasteiger partial charge in [0.15, 0.2) is 5.78 Å². The summed E-state index contributed by atoms with van der Waals surface area (Å²) in [5.41, 5.74) is 1.38. The standard InChI is InChI=1S/C13H15NO5/c1-8-6-10(7-11(9(8)2)14(17)18)12(15)4-5-13(16)19-3/h6-7H,4-5H2,1-3H3. The number of aryl methyl sites for hydroxylation is 1. The van der Waals surface area contributed by atoms with E-state index in [9.17, 15) is 19.7 Å². The molecule has 0 N–H and O–H groups in total. The van der Waals surface area contributed by atoms with Gasteiger partial charge in [-0.15, -0.1) is 0 Å². The zero-order valence-electron chi connectivity index (χ0n) is 11.1. The zero-order chi connectivity index (χ0) is 14.6. The van der Waals surface area contributed by atoms with Crippen molar-refractivity contribution in [1.29, 1.82) is 0 Å². The van der Waals surface area contributed by atoms with Gasteiger partial charge in [0.05, 0.1) is 18.5 Å². The van der Waals surface area contributed by atoms with E-state index in [4.69, 9.17) is 0 Å². The predicted octanol–water partition coefficient (Wildman–Crippen LogP) is 2.35. The van der Waals surface area contributed by atoms with E-state index in [1.54, 1.807) is 19.9 Å². The van der Waals surface area contributed by atoms with Crippen molar-refractivity contribution < 1.29 is 19.2 Å². The van der Waals surface area contributed by atoms with Crippen LogP contribution in [0.2, 0.25) is 0 Å². The van der Waals surface area contributed by atoms with Crippen molar-refractivity contribution in [1.82, 2.24) is 0 Å². The molecule has 0 amide bonds. The van der Waals surface area contributed by atoms with Gasteiger partial charge in [0, 0.05) is 23.6 Å². The lowest BCUT2D eigenvalue weighted by Crippen LogP contribution is -2.07. The summed E-state index contributed by atoms with van der Waals surface area (Å²) in [5, 5.41) is 10.9. The molecule has 1 aromatic carbocycles. The summed E-state index contributed by atoms with van der Waals surface area (Å²) >= 11 is 0. The van der Waals surface area contributed by atoms with Crippen molar-refractivity contribution in [3.63, 3.8) is 0 Å². The third-order valence-corrected chi connectivity index (χ3v) is 2.94. The molecule has 19 heavy (non-hydrogen) atoms. The maximum Gasteiger partial charge on any atom is 0.305 e. The molecule has 0 bridgehead atoms. The zero-order valence-corrected chi connectivity index (χ0v) is 11.1. The van der Waals surface area contributed by atoms with E-state index >= 15 is 0 Å². The molecule has 0 unspecified atom stereocenters. The van der Waals surface area contributed by atoms with Gasteiger partial charge in [-0.25, -0.2) is 0 Å². The fourth-order valence-electron chi connectivity index (χ4n) is 1.65. The minimum atomic E-state index is -0.514. The quantitative estimate of drug-likeness (QED) is 0.353. The number of carbonyl (C=O) groups excluding carboxylic acids is 2. The van der Waals surface area contributed by atoms with Gasteiger partial charge in [-0.3, -0.25) is 19.7 Å². The number of ketones is 1. The number of nitrogens with zero attached hydrogens (tertiary/aromatic N) is 1. The molecule has 0 atom stereocenters. The molecule has 6 heteroatoms. The molecule has 0 aliphatic rings. The Labute approximate surface area is 110 Å². The number of hydrogen-bond acceptors (Lipinski definition) is 5. The second kappa shape index (κ2) is 6.08. The number of ether oxygens (including phenoxy) is 1. The van der Waals surface area contributed by atoms with Gasteiger partial charge in [0.2, 0.25) is 0 Å². The third kappa shape index (κ3) is 3.61. The number of hydrogen-bond donors (Lipinski definition) is 0. The molecular weight excluding hydrogens is 250 g/mol. The Morgan fingerprint density at radius 2 is 1.89 bits per heavy atom. The Morgan fingerprint density at radius 3 is 2.42 bits per heavy atom. The normalized spacial score (nSPS) is 10.1. The van der Waals surface area contributed by atoms with E-state index in [-0.39, 0.29) is 29.9 Å². The van der Waals surface area contributed by atoms with Crippen molar-refractivity contribution in [2.75, 3.05) is 7.11 Å². The van der Waals surface area contributed by atoms with Crippen LogP contribution >= 0.6 is 0 Å². The van der Waals surface area contributed by atoms with Crippen molar-refractivity contribution in [2.45, 2.75) is 26.7 Å². The van der Waals surface area contributed by atoms with Crippen molar-refractivity contribution in [3.05, 3.63) is 38.9 Å². The summed E-state index contributed by atoms with van der Waals surface area (Å²) in [7, 11) is 1.24. The number of carbonyl (C=O) groups is 2. The summed E-state index contributed by atoms with van der Waals surface area (Å²) in [6.45, 7) is 3.34. The lowest BCUT2D eigenvalue weighted by molar-refractivity contribution is -0.385. The molecule has 0 saturated carbocycles. The number of methoxy groups -OCH3 is 1. The van der Waals surface area contributed by atoms with E-state index in [2.05, 4.69) is 4.74 Å². The van der Waals surface area contributed by atoms with E-state index < -0.39 is 10.9 Å². The lowest BCUT2D eigenvalue weighted by atomic mass is 9.99. The first-order valence-electron chi connectivity index (χ1n) is 5.72. The molecule has 0 aliphatic heterocycles. The molecule has 0 saturated heterocycles. The molecule has 6 nitrogen and oxygen atoms in total. The highest BCUT2D eigenvalue weighted by Crippen LogP contribution is 2.24. The number of Topliss-reactive ketones (excluding diaryl/α,β-unsaturated/α-hetero) is 1. The van der Waals surface area contributed by atoms with Crippen LogP contribution in [0.5, 0.6) is 0 Å². The summed E-state index contributed by atoms with van der Waals surface area (Å²) in [6.07, 6.45) is -0.0532. The van der Waals surface area contributed by atoms with Gasteiger partial charge in [-0.1, -0.05) is 0 Å². The van der Waals surface area contributed by atoms with Gasteiger partial charge >= 0.3 is 5.97 Å². The van der Waals surface area contributed by atoms with Crippen molar-refractivity contribution in [3.8, 4) is 0 Å². The fraction of sp³-hybridized carbons (Fsp3) is 0.385. The first-order valence-corrected chi connectivity index (χ1v) is 5.72. The molecule has 0 fully saturated rings. The molecule has 0 radical (unpaired) electrons. The van der Waals surface area contributed by atoms with Gasteiger partial charge in [0.1, 0.15) is 0 Å². The first kappa shape index (κ1) is 14.8. The molecular formula is C13H15NO5. The van der Waals surface area contributed by atoms with Gasteiger partial charge in [0.25, 0.3) is 5.69 Å². The van der Waals surface area contributed by atoms with Crippen molar-refractivity contribution >= 4 is 17.4 Å². The minimum Gasteiger partial charge on any atom is -0.469 e. The predicted molar refractivity (Wildman–Crippen MR) is 68.2 cm³/mol. The Morgan fingerprint density at radius 1 is 1.26 bits per heavy atom. The molecule has 0 heterocycles. The molecule has 1 rings (SSSR count). The Kier molecular flexibility index (Phi) is 4.74. The van der Waals surface area contributed by atoms with E-state index in [0.29, 0.717) is 11.1 Å². The van der Waals surface area contributed by atoms with Crippen LogP contribution in [0, 0.1) is 24.0 Å². The highest BCUT2D eigenvalue weighted by molar-refractivity contribution is 5.98. The topological polar surface area (TPSA) is 86.5 Å². The van der Waals surface area contributed by atoms with Crippen LogP contribution in [0.3, 0.4) is 0 Å². The Bertz CT molecular complexity index is 536. The Balaban J connectivity index is 2.98. The minimum absolute atomic E-state index is 0.0215. The Hall–Kier alpha value is -2.24. The maximum absolute atomic E-state index is 11.9. The number of nitro groups is 1. The van der Waals surface area contributed by atoms with Crippen LogP contribution in [0.15, 0.2) is 12.1 Å². The highest BCUT2D eigenvalue weighted by atomic mass is 16.6. The van der Waals surface area contributed by atoms with Crippen LogP contribution < -0.4 is 0 Å². The summed E-state index contributed by atoms with van der Waals surface area (Å²) in [6, 6.07) is 2.85. The van der Waals surface area contributed by atoms with Crippen LogP contribution in [0.1, 0.15) is 34.3 Å². The molecule has 1 aromatic rings. The number of benzene rings is 1. The average molecular weight is 265 g/mol. The second-order valence-electron chi connectivity index (χ2n) is 4.19. The monoisotopic (exact) mass is 265 g/mol. The van der Waals surface area contributed by atoms with E-state index in [0.717, 1.165) is 0 Å². The number of esters is 1. The SMILES string of the molecule is COC(=O)CCC(=O)c1cc(C)c(C)c([N+](=O)[O-])c1. The molecule has 0 aromatic heterocycles. The van der Waals surface area contributed by atoms with Crippen LogP contribution in [-0.2, 0) is 9.53 Å². The summed E-state index contributed by atoms with van der Waals surface area (Å²) in [5.74, 6) is -0.789. The average Bonchev–Trinajstić information content (AvgIpc) is 2.37. The summed E-state index contributed by atoms with van der Waals surface area (Å²) < 4.78 is 4.44. The molecule has 0 spiro atoms. The van der Waals surface area contributed by atoms with Crippen LogP contribution in [-0.4, -0.2) is 23.8 Å². The molecule has 102 valence electrons. The summed E-state index contributed by atoms with van der Waals surface area (Å²) in [4.78, 5) is 33.2. The lowest BCUT2D eigenvalue weighted by Gasteiger charge is -2.06. The number of rotatable bonds is 5. The van der Waals surface area contributed by atoms with Gasteiger partial charge < -0.3 is 4.74 Å². The van der Waals surface area contributed by atoms with E-state index in [1.165, 1.54) is 13.2 Å². The van der Waals surface area contributed by atoms with E-state index in [1.807, 2.05) is 0 Å². The van der Waals surface area contributed by atoms with Gasteiger partial charge in [-0.2, -0.15) is 0 Å². The fourth-order valence-corrected chi connectivity index (χ4v) is 1.65. The first-order chi connectivity index (χ1) is 8.86. The third-order valence-electron chi connectivity index (χ3n) is 2.94. The van der Waals surface area contributed by atoms with Crippen LogP contribution in [0.4, 0.5) is 5.69 Å². The van der Waals surface area contributed by atoms with Crippen molar-refractivity contribution in [2.24, 2.45) is 0 Å². The smallest absolute Gasteiger partial charge is 0.305 e. The largest absolute Gasteiger partial charge is 0.469 e. The highest BCUT2D eigenvalue weighted by Gasteiger charge is 2.18. The molecule has 0 aliphatic carbocycles. The van der Waals surface area contributed by atoms with Crippen LogP contribution in [0.25, 0.3) is 0 Å². The second-order valence-corrected chi connectivity index (χ2v) is 4.19. The maximum atomic E-state index is 11.9. The van der Waals surface area contributed by atoms with Gasteiger partial charge in [-0.05, 0) is 25.5 Å². The number of nitro benzene ring substituents is 1.